The molecular formula is C40H26N2. The number of fused-ring (bicyclic) bond motifs is 8. The molecule has 0 unspecified atom stereocenters. The lowest BCUT2D eigenvalue weighted by Crippen LogP contribution is -1.96. The number of rotatable bonds is 3. The first-order valence-electron chi connectivity index (χ1n) is 14.5. The summed E-state index contributed by atoms with van der Waals surface area (Å²) in [4.78, 5) is 0. The molecule has 0 aliphatic heterocycles. The molecule has 2 nitrogen and oxygen atoms in total. The standard InChI is InChI=1S/C40H26N2/c1-3-12-27(13-4-1)28-14-11-17-31(24-28)41-37-20-9-8-19-33(37)36-25-29-22-23-34-32-18-7-10-21-38(32)42(30-15-5-2-6-16-30)40(34)35(29)26-39(36)41/h1-26H. The quantitative estimate of drug-likeness (QED) is 0.213. The fraction of sp³-hybridized carbons (Fsp3) is 0. The van der Waals surface area contributed by atoms with Crippen LogP contribution in [0, 0.1) is 0 Å². The first-order chi connectivity index (χ1) is 20.8. The van der Waals surface area contributed by atoms with E-state index in [4.69, 9.17) is 0 Å². The highest BCUT2D eigenvalue weighted by molar-refractivity contribution is 6.22. The van der Waals surface area contributed by atoms with Gasteiger partial charge >= 0.3 is 0 Å². The summed E-state index contributed by atoms with van der Waals surface area (Å²) in [7, 11) is 0. The molecule has 0 radical (unpaired) electrons. The monoisotopic (exact) mass is 534 g/mol. The summed E-state index contributed by atoms with van der Waals surface area (Å²) < 4.78 is 4.87. The van der Waals surface area contributed by atoms with Gasteiger partial charge in [-0.3, -0.25) is 0 Å². The van der Waals surface area contributed by atoms with Crippen LogP contribution in [0.2, 0.25) is 0 Å². The van der Waals surface area contributed by atoms with Crippen molar-refractivity contribution < 1.29 is 0 Å². The third kappa shape index (κ3) is 3.33. The third-order valence-corrected chi connectivity index (χ3v) is 8.67. The second kappa shape index (κ2) is 8.95. The first-order valence-corrected chi connectivity index (χ1v) is 14.5. The Hall–Kier alpha value is -5.60. The van der Waals surface area contributed by atoms with Crippen LogP contribution in [-0.2, 0) is 0 Å². The number of para-hydroxylation sites is 3. The lowest BCUT2D eigenvalue weighted by molar-refractivity contribution is 1.18. The summed E-state index contributed by atoms with van der Waals surface area (Å²) in [6.45, 7) is 0. The summed E-state index contributed by atoms with van der Waals surface area (Å²) in [5.74, 6) is 0. The van der Waals surface area contributed by atoms with Crippen molar-refractivity contribution >= 4 is 54.4 Å². The van der Waals surface area contributed by atoms with Crippen molar-refractivity contribution in [2.45, 2.75) is 0 Å². The van der Waals surface area contributed by atoms with Crippen LogP contribution in [-0.4, -0.2) is 9.13 Å². The molecule has 0 amide bonds. The largest absolute Gasteiger partial charge is 0.309 e. The Labute approximate surface area is 243 Å². The summed E-state index contributed by atoms with van der Waals surface area (Å²) in [5.41, 5.74) is 9.68. The van der Waals surface area contributed by atoms with E-state index >= 15 is 0 Å². The van der Waals surface area contributed by atoms with E-state index in [-0.39, 0.29) is 0 Å². The highest BCUT2D eigenvalue weighted by atomic mass is 15.0. The average molecular weight is 535 g/mol. The maximum atomic E-state index is 2.44. The van der Waals surface area contributed by atoms with E-state index < -0.39 is 0 Å². The molecule has 42 heavy (non-hydrogen) atoms. The van der Waals surface area contributed by atoms with Crippen LogP contribution in [0.4, 0.5) is 0 Å². The SMILES string of the molecule is c1ccc(-c2cccc(-n3c4ccccc4c4cc5ccc6c7ccccc7n(-c7ccccc7)c6c5cc43)c2)cc1. The van der Waals surface area contributed by atoms with Crippen molar-refractivity contribution in [3.8, 4) is 22.5 Å². The number of nitrogens with zero attached hydrogens (tertiary/aromatic N) is 2. The fourth-order valence-corrected chi connectivity index (χ4v) is 6.83. The van der Waals surface area contributed by atoms with Crippen molar-refractivity contribution in [3.63, 3.8) is 0 Å². The Balaban J connectivity index is 1.42. The minimum Gasteiger partial charge on any atom is -0.309 e. The zero-order chi connectivity index (χ0) is 27.6. The van der Waals surface area contributed by atoms with Gasteiger partial charge in [-0.1, -0.05) is 109 Å². The Bertz CT molecular complexity index is 2440. The molecule has 9 rings (SSSR count). The number of aromatic nitrogens is 2. The molecule has 9 aromatic rings. The van der Waals surface area contributed by atoms with E-state index in [1.807, 2.05) is 0 Å². The Morgan fingerprint density at radius 2 is 0.929 bits per heavy atom. The van der Waals surface area contributed by atoms with Gasteiger partial charge in [0, 0.05) is 38.3 Å². The smallest absolute Gasteiger partial charge is 0.0620 e. The molecule has 0 aliphatic carbocycles. The first kappa shape index (κ1) is 23.1. The van der Waals surface area contributed by atoms with Crippen molar-refractivity contribution in [1.82, 2.24) is 9.13 Å². The number of hydrogen-bond donors (Lipinski definition) is 0. The molecule has 2 heterocycles. The van der Waals surface area contributed by atoms with Gasteiger partial charge in [-0.05, 0) is 65.0 Å². The van der Waals surface area contributed by atoms with Gasteiger partial charge in [0.15, 0.2) is 0 Å². The maximum absolute atomic E-state index is 2.44. The molecule has 0 spiro atoms. The maximum Gasteiger partial charge on any atom is 0.0620 e. The third-order valence-electron chi connectivity index (χ3n) is 8.67. The molecule has 2 aromatic heterocycles. The van der Waals surface area contributed by atoms with Crippen LogP contribution in [0.1, 0.15) is 0 Å². The van der Waals surface area contributed by atoms with E-state index in [0.29, 0.717) is 0 Å². The second-order valence-electron chi connectivity index (χ2n) is 11.0. The van der Waals surface area contributed by atoms with Gasteiger partial charge in [-0.25, -0.2) is 0 Å². The van der Waals surface area contributed by atoms with E-state index in [9.17, 15) is 0 Å². The van der Waals surface area contributed by atoms with Crippen LogP contribution in [0.25, 0.3) is 76.9 Å². The van der Waals surface area contributed by atoms with Crippen LogP contribution < -0.4 is 0 Å². The Morgan fingerprint density at radius 1 is 0.310 bits per heavy atom. The van der Waals surface area contributed by atoms with Crippen molar-refractivity contribution in [3.05, 3.63) is 158 Å². The molecule has 0 fully saturated rings. The van der Waals surface area contributed by atoms with Crippen molar-refractivity contribution in [2.75, 3.05) is 0 Å². The van der Waals surface area contributed by atoms with Gasteiger partial charge in [0.25, 0.3) is 0 Å². The fourth-order valence-electron chi connectivity index (χ4n) is 6.83. The molecule has 7 aromatic carbocycles. The summed E-state index contributed by atoms with van der Waals surface area (Å²) in [5, 5.41) is 7.58. The molecular weight excluding hydrogens is 508 g/mol. The van der Waals surface area contributed by atoms with Crippen LogP contribution in [0.5, 0.6) is 0 Å². The van der Waals surface area contributed by atoms with E-state index in [0.717, 1.165) is 5.69 Å². The molecule has 2 heteroatoms. The molecule has 0 N–H and O–H groups in total. The molecule has 0 bridgehead atoms. The van der Waals surface area contributed by atoms with Crippen LogP contribution in [0.15, 0.2) is 158 Å². The van der Waals surface area contributed by atoms with Crippen LogP contribution >= 0.6 is 0 Å². The lowest BCUT2D eigenvalue weighted by atomic mass is 10.0. The molecule has 0 aliphatic rings. The second-order valence-corrected chi connectivity index (χ2v) is 11.0. The highest BCUT2D eigenvalue weighted by Crippen LogP contribution is 2.41. The van der Waals surface area contributed by atoms with Gasteiger partial charge < -0.3 is 9.13 Å². The Morgan fingerprint density at radius 3 is 1.71 bits per heavy atom. The zero-order valence-corrected chi connectivity index (χ0v) is 22.9. The summed E-state index contributed by atoms with van der Waals surface area (Å²) >= 11 is 0. The predicted octanol–water partition coefficient (Wildman–Crippen LogP) is 10.7. The summed E-state index contributed by atoms with van der Waals surface area (Å²) in [6, 6.07) is 57.2. The summed E-state index contributed by atoms with van der Waals surface area (Å²) in [6.07, 6.45) is 0. The van der Waals surface area contributed by atoms with Gasteiger partial charge in [0.2, 0.25) is 0 Å². The average Bonchev–Trinajstić information content (AvgIpc) is 3.57. The van der Waals surface area contributed by atoms with E-state index in [1.54, 1.807) is 0 Å². The zero-order valence-electron chi connectivity index (χ0n) is 22.9. The highest BCUT2D eigenvalue weighted by Gasteiger charge is 2.18. The Kier molecular flexibility index (Phi) is 4.93. The molecule has 0 saturated carbocycles. The molecule has 196 valence electrons. The van der Waals surface area contributed by atoms with E-state index in [2.05, 4.69) is 167 Å². The normalized spacial score (nSPS) is 11.8. The lowest BCUT2D eigenvalue weighted by Gasteiger charge is -2.12. The number of hydrogen-bond acceptors (Lipinski definition) is 0. The van der Waals surface area contributed by atoms with Gasteiger partial charge in [0.1, 0.15) is 0 Å². The minimum absolute atomic E-state index is 1.16. The van der Waals surface area contributed by atoms with Gasteiger partial charge in [0.05, 0.1) is 22.1 Å². The number of benzene rings is 7. The predicted molar refractivity (Wildman–Crippen MR) is 178 cm³/mol. The van der Waals surface area contributed by atoms with Crippen molar-refractivity contribution in [2.24, 2.45) is 0 Å². The minimum atomic E-state index is 1.16. The van der Waals surface area contributed by atoms with Crippen molar-refractivity contribution in [1.29, 1.82) is 0 Å². The van der Waals surface area contributed by atoms with Gasteiger partial charge in [-0.2, -0.15) is 0 Å². The van der Waals surface area contributed by atoms with Gasteiger partial charge in [-0.15, -0.1) is 0 Å². The molecule has 0 atom stereocenters. The van der Waals surface area contributed by atoms with E-state index in [1.165, 1.54) is 71.2 Å². The topological polar surface area (TPSA) is 9.86 Å². The molecule has 0 saturated heterocycles. The van der Waals surface area contributed by atoms with Crippen LogP contribution in [0.3, 0.4) is 0 Å².